The van der Waals surface area contributed by atoms with E-state index in [-0.39, 0.29) is 5.92 Å². The molecule has 0 saturated heterocycles. The molecular weight excluding hydrogens is 432 g/mol. The Hall–Kier alpha value is -4.45. The average molecular weight is 463 g/mol. The largest absolute Gasteiger partial charge is 0.399 e. The van der Waals surface area contributed by atoms with Gasteiger partial charge in [-0.15, -0.1) is 0 Å². The molecule has 6 heteroatoms. The summed E-state index contributed by atoms with van der Waals surface area (Å²) >= 11 is 0. The molecule has 35 heavy (non-hydrogen) atoms. The second-order valence-corrected chi connectivity index (χ2v) is 9.22. The second-order valence-electron chi connectivity index (χ2n) is 9.22. The van der Waals surface area contributed by atoms with Crippen molar-refractivity contribution in [2.45, 2.75) is 26.2 Å². The van der Waals surface area contributed by atoms with Crippen LogP contribution in [0.4, 0.5) is 39.8 Å². The van der Waals surface area contributed by atoms with Gasteiger partial charge in [-0.25, -0.2) is 4.99 Å². The van der Waals surface area contributed by atoms with E-state index in [4.69, 9.17) is 27.9 Å². The Morgan fingerprint density at radius 3 is 2.03 bits per heavy atom. The van der Waals surface area contributed by atoms with Crippen LogP contribution < -0.4 is 28.3 Å². The lowest BCUT2D eigenvalue weighted by atomic mass is 9.84. The highest BCUT2D eigenvalue weighted by Crippen LogP contribution is 2.48. The maximum atomic E-state index is 6.76. The fraction of sp³-hybridized carbons (Fsp3) is 0.138. The molecule has 0 atom stereocenters. The first-order valence-electron chi connectivity index (χ1n) is 11.7. The van der Waals surface area contributed by atoms with Crippen LogP contribution in [0.25, 0.3) is 11.1 Å². The van der Waals surface area contributed by atoms with Gasteiger partial charge in [-0.3, -0.25) is 0 Å². The molecule has 0 aliphatic heterocycles. The molecule has 6 nitrogen and oxygen atoms in total. The van der Waals surface area contributed by atoms with E-state index >= 15 is 0 Å². The summed E-state index contributed by atoms with van der Waals surface area (Å²) in [6, 6.07) is 24.2. The fourth-order valence-electron chi connectivity index (χ4n) is 4.81. The predicted octanol–water partition coefficient (Wildman–Crippen LogP) is 6.23. The van der Waals surface area contributed by atoms with Gasteiger partial charge in [0, 0.05) is 28.9 Å². The van der Waals surface area contributed by atoms with Crippen molar-refractivity contribution in [3.8, 4) is 11.1 Å². The van der Waals surface area contributed by atoms with Crippen LogP contribution in [0, 0.1) is 0 Å². The minimum Gasteiger partial charge on any atom is -0.399 e. The molecule has 1 aliphatic carbocycles. The zero-order valence-corrected chi connectivity index (χ0v) is 20.0. The molecule has 0 aromatic heterocycles. The molecule has 1 aliphatic rings. The molecule has 0 bridgehead atoms. The number of benzene rings is 4. The summed E-state index contributed by atoms with van der Waals surface area (Å²) in [5, 5.41) is 3.40. The highest BCUT2D eigenvalue weighted by Gasteiger charge is 2.25. The molecule has 0 unspecified atom stereocenters. The smallest absolute Gasteiger partial charge is 0.112 e. The summed E-state index contributed by atoms with van der Waals surface area (Å²) in [5.74, 6) is 0.0844. The SMILES string of the molecule is CC(C)c1c(N)c(N)c(Nc2ccc(N)cc2)c(N=C2Cc3ccccc3-c3ccccc32)c1N. The maximum Gasteiger partial charge on any atom is 0.112 e. The normalized spacial score (nSPS) is 13.5. The van der Waals surface area contributed by atoms with E-state index in [0.717, 1.165) is 28.1 Å². The molecular formula is C29H30N6. The predicted molar refractivity (Wildman–Crippen MR) is 150 cm³/mol. The number of nitrogens with two attached hydrogens (primary N) is 4. The zero-order valence-electron chi connectivity index (χ0n) is 20.0. The molecule has 9 N–H and O–H groups in total. The molecule has 4 aromatic rings. The molecule has 0 spiro atoms. The molecule has 0 saturated carbocycles. The van der Waals surface area contributed by atoms with Crippen LogP contribution in [0.3, 0.4) is 0 Å². The van der Waals surface area contributed by atoms with Crippen molar-refractivity contribution in [3.05, 3.63) is 89.5 Å². The van der Waals surface area contributed by atoms with Gasteiger partial charge in [0.05, 0.1) is 28.5 Å². The molecule has 176 valence electrons. The van der Waals surface area contributed by atoms with Crippen LogP contribution in [-0.4, -0.2) is 5.71 Å². The number of aliphatic imine (C=N–C) groups is 1. The molecule has 0 heterocycles. The lowest BCUT2D eigenvalue weighted by Crippen LogP contribution is -2.14. The number of nitrogens with one attached hydrogen (secondary N) is 1. The highest BCUT2D eigenvalue weighted by molar-refractivity contribution is 6.13. The third-order valence-electron chi connectivity index (χ3n) is 6.54. The minimum absolute atomic E-state index is 0.0844. The minimum atomic E-state index is 0.0844. The summed E-state index contributed by atoms with van der Waals surface area (Å²) < 4.78 is 0. The number of nitrogens with zero attached hydrogens (tertiary/aromatic N) is 1. The number of anilines is 6. The first-order valence-corrected chi connectivity index (χ1v) is 11.7. The van der Waals surface area contributed by atoms with Gasteiger partial charge < -0.3 is 28.3 Å². The van der Waals surface area contributed by atoms with E-state index in [9.17, 15) is 0 Å². The van der Waals surface area contributed by atoms with Crippen molar-refractivity contribution in [1.82, 2.24) is 0 Å². The van der Waals surface area contributed by atoms with Gasteiger partial charge in [0.25, 0.3) is 0 Å². The number of nitrogen functional groups attached to an aromatic ring is 4. The molecule has 0 fully saturated rings. The van der Waals surface area contributed by atoms with Gasteiger partial charge in [0.2, 0.25) is 0 Å². The number of rotatable bonds is 4. The molecule has 0 amide bonds. The Kier molecular flexibility index (Phi) is 5.57. The second kappa shape index (κ2) is 8.72. The lowest BCUT2D eigenvalue weighted by Gasteiger charge is -2.25. The van der Waals surface area contributed by atoms with Gasteiger partial charge in [-0.1, -0.05) is 62.4 Å². The fourth-order valence-corrected chi connectivity index (χ4v) is 4.81. The summed E-state index contributed by atoms with van der Waals surface area (Å²) in [7, 11) is 0. The maximum absolute atomic E-state index is 6.76. The van der Waals surface area contributed by atoms with Crippen LogP contribution in [0.15, 0.2) is 77.8 Å². The Labute approximate surface area is 205 Å². The van der Waals surface area contributed by atoms with E-state index in [1.165, 1.54) is 11.1 Å². The highest BCUT2D eigenvalue weighted by atomic mass is 15.0. The van der Waals surface area contributed by atoms with Gasteiger partial charge >= 0.3 is 0 Å². The third kappa shape index (κ3) is 3.93. The van der Waals surface area contributed by atoms with Crippen molar-refractivity contribution in [3.63, 3.8) is 0 Å². The van der Waals surface area contributed by atoms with E-state index < -0.39 is 0 Å². The first-order chi connectivity index (χ1) is 16.8. The van der Waals surface area contributed by atoms with Crippen LogP contribution >= 0.6 is 0 Å². The number of hydrogen-bond donors (Lipinski definition) is 5. The van der Waals surface area contributed by atoms with Gasteiger partial charge in [-0.2, -0.15) is 0 Å². The molecule has 4 aromatic carbocycles. The quantitative estimate of drug-likeness (QED) is 0.230. The van der Waals surface area contributed by atoms with Gasteiger partial charge in [0.1, 0.15) is 5.69 Å². The standard InChI is InChI=1S/C29H30N6/c1-16(2)24-25(31)27(33)29(34-19-13-11-18(30)12-14-19)28(26(24)32)35-23-15-17-7-3-4-8-20(17)21-9-5-6-10-22(21)23/h3-14,16,34H,15,30-33H2,1-2H3. The first kappa shape index (κ1) is 22.3. The monoisotopic (exact) mass is 462 g/mol. The Morgan fingerprint density at radius 1 is 0.714 bits per heavy atom. The van der Waals surface area contributed by atoms with E-state index in [0.29, 0.717) is 40.5 Å². The van der Waals surface area contributed by atoms with Crippen molar-refractivity contribution in [1.29, 1.82) is 0 Å². The lowest BCUT2D eigenvalue weighted by molar-refractivity contribution is 0.874. The van der Waals surface area contributed by atoms with Gasteiger partial charge in [-0.05, 0) is 46.9 Å². The van der Waals surface area contributed by atoms with Crippen LogP contribution in [0.5, 0.6) is 0 Å². The molecule has 5 rings (SSSR count). The summed E-state index contributed by atoms with van der Waals surface area (Å²) in [4.78, 5) is 5.19. The summed E-state index contributed by atoms with van der Waals surface area (Å²) in [6.07, 6.45) is 0.690. The van der Waals surface area contributed by atoms with E-state index in [2.05, 4.69) is 61.6 Å². The Bertz CT molecular complexity index is 1450. The summed E-state index contributed by atoms with van der Waals surface area (Å²) in [5.41, 5.74) is 36.3. The number of fused-ring (bicyclic) bond motifs is 3. The Balaban J connectivity index is 1.74. The van der Waals surface area contributed by atoms with Crippen LogP contribution in [0.1, 0.15) is 36.5 Å². The number of hydrogen-bond acceptors (Lipinski definition) is 6. The third-order valence-corrected chi connectivity index (χ3v) is 6.54. The van der Waals surface area contributed by atoms with Crippen molar-refractivity contribution < 1.29 is 0 Å². The van der Waals surface area contributed by atoms with E-state index in [1.807, 2.05) is 30.3 Å². The van der Waals surface area contributed by atoms with Crippen LogP contribution in [-0.2, 0) is 6.42 Å². The van der Waals surface area contributed by atoms with Crippen molar-refractivity contribution >= 4 is 45.5 Å². The van der Waals surface area contributed by atoms with Crippen molar-refractivity contribution in [2.24, 2.45) is 4.99 Å². The van der Waals surface area contributed by atoms with Crippen LogP contribution in [0.2, 0.25) is 0 Å². The topological polar surface area (TPSA) is 128 Å². The van der Waals surface area contributed by atoms with Crippen molar-refractivity contribution in [2.75, 3.05) is 28.3 Å². The summed E-state index contributed by atoms with van der Waals surface area (Å²) in [6.45, 7) is 4.11. The molecule has 0 radical (unpaired) electrons. The zero-order chi connectivity index (χ0) is 24.7. The Morgan fingerprint density at radius 2 is 1.34 bits per heavy atom. The average Bonchev–Trinajstić information content (AvgIpc) is 2.85. The van der Waals surface area contributed by atoms with E-state index in [1.54, 1.807) is 0 Å². The van der Waals surface area contributed by atoms with Gasteiger partial charge in [0.15, 0.2) is 0 Å².